The Bertz CT molecular complexity index is 640. The lowest BCUT2D eigenvalue weighted by molar-refractivity contribution is 0.761. The van der Waals surface area contributed by atoms with E-state index in [4.69, 9.17) is 11.6 Å². The number of aryl methyl sites for hydroxylation is 1. The van der Waals surface area contributed by atoms with Gasteiger partial charge in [0.05, 0.1) is 10.7 Å². The zero-order valence-electron chi connectivity index (χ0n) is 10.6. The van der Waals surface area contributed by atoms with Crippen molar-refractivity contribution in [1.82, 2.24) is 20.0 Å². The number of anilines is 1. The molecule has 2 rings (SSSR count). The van der Waals surface area contributed by atoms with Gasteiger partial charge in [-0.1, -0.05) is 30.7 Å². The molecule has 1 heterocycles. The van der Waals surface area contributed by atoms with Crippen molar-refractivity contribution < 1.29 is 0 Å². The molecule has 0 aliphatic rings. The maximum Gasteiger partial charge on any atom is 0.356 e. The molecule has 1 aromatic carbocycles. The van der Waals surface area contributed by atoms with Crippen molar-refractivity contribution in [2.45, 2.75) is 13.3 Å². The number of nitrogens with zero attached hydrogens (tertiary/aromatic N) is 3. The van der Waals surface area contributed by atoms with Crippen LogP contribution in [0.5, 0.6) is 0 Å². The van der Waals surface area contributed by atoms with E-state index >= 15 is 0 Å². The predicted molar refractivity (Wildman–Crippen MR) is 74.7 cm³/mol. The molecule has 100 valence electrons. The highest BCUT2D eigenvalue weighted by Gasteiger charge is 2.12. The maximum absolute atomic E-state index is 12.1. The van der Waals surface area contributed by atoms with Crippen molar-refractivity contribution in [1.29, 1.82) is 0 Å². The molecule has 7 heteroatoms. The van der Waals surface area contributed by atoms with Crippen LogP contribution in [0.25, 0.3) is 5.69 Å². The molecule has 0 saturated carbocycles. The summed E-state index contributed by atoms with van der Waals surface area (Å²) in [6.07, 6.45) is 0.585. The number of halogens is 1. The highest BCUT2D eigenvalue weighted by atomic mass is 35.5. The number of benzene rings is 1. The van der Waals surface area contributed by atoms with Gasteiger partial charge in [-0.25, -0.2) is 14.8 Å². The second-order valence-electron chi connectivity index (χ2n) is 3.76. The number of nitrogens with one attached hydrogen (secondary N) is 2. The minimum absolute atomic E-state index is 0.243. The molecule has 0 spiro atoms. The van der Waals surface area contributed by atoms with Crippen LogP contribution in [0.4, 0.5) is 5.95 Å². The van der Waals surface area contributed by atoms with Gasteiger partial charge in [-0.2, -0.15) is 9.97 Å². The minimum atomic E-state index is -0.419. The lowest BCUT2D eigenvalue weighted by atomic mass is 10.3. The summed E-state index contributed by atoms with van der Waals surface area (Å²) < 4.78 is 1.42. The SMILES string of the molecule is CCc1nc(NNC)nc(=O)n1-c1ccccc1Cl. The van der Waals surface area contributed by atoms with Crippen LogP contribution in [0.3, 0.4) is 0 Å². The van der Waals surface area contributed by atoms with Crippen LogP contribution in [0.15, 0.2) is 29.1 Å². The second kappa shape index (κ2) is 5.81. The van der Waals surface area contributed by atoms with E-state index in [0.717, 1.165) is 0 Å². The van der Waals surface area contributed by atoms with E-state index < -0.39 is 5.69 Å². The van der Waals surface area contributed by atoms with Crippen LogP contribution in [0.2, 0.25) is 5.02 Å². The van der Waals surface area contributed by atoms with Gasteiger partial charge >= 0.3 is 5.69 Å². The van der Waals surface area contributed by atoms with Crippen LogP contribution >= 0.6 is 11.6 Å². The van der Waals surface area contributed by atoms with Crippen LogP contribution in [-0.2, 0) is 6.42 Å². The van der Waals surface area contributed by atoms with Crippen molar-refractivity contribution in [2.24, 2.45) is 0 Å². The Morgan fingerprint density at radius 2 is 2.05 bits per heavy atom. The van der Waals surface area contributed by atoms with Crippen molar-refractivity contribution in [3.8, 4) is 5.69 Å². The molecule has 0 bridgehead atoms. The van der Waals surface area contributed by atoms with E-state index in [0.29, 0.717) is 23.0 Å². The molecule has 0 fully saturated rings. The summed E-state index contributed by atoms with van der Waals surface area (Å²) in [5.74, 6) is 0.832. The number of hydrogen-bond acceptors (Lipinski definition) is 5. The topological polar surface area (TPSA) is 71.8 Å². The third kappa shape index (κ3) is 2.74. The Kier molecular flexibility index (Phi) is 4.13. The minimum Gasteiger partial charge on any atom is -0.290 e. The lowest BCUT2D eigenvalue weighted by Crippen LogP contribution is -2.29. The fourth-order valence-electron chi connectivity index (χ4n) is 1.73. The molecule has 0 aliphatic carbocycles. The summed E-state index contributed by atoms with van der Waals surface area (Å²) in [6, 6.07) is 7.10. The molecule has 2 N–H and O–H groups in total. The molecule has 0 aliphatic heterocycles. The van der Waals surface area contributed by atoms with Gasteiger partial charge in [-0.05, 0) is 12.1 Å². The number of aromatic nitrogens is 3. The van der Waals surface area contributed by atoms with E-state index in [2.05, 4.69) is 20.8 Å². The van der Waals surface area contributed by atoms with E-state index in [1.54, 1.807) is 25.2 Å². The summed E-state index contributed by atoms with van der Waals surface area (Å²) in [5, 5.41) is 0.484. The molecular formula is C12H14ClN5O. The van der Waals surface area contributed by atoms with E-state index in [1.807, 2.05) is 13.0 Å². The highest BCUT2D eigenvalue weighted by Crippen LogP contribution is 2.19. The molecule has 6 nitrogen and oxygen atoms in total. The van der Waals surface area contributed by atoms with E-state index in [1.165, 1.54) is 4.57 Å². The maximum atomic E-state index is 12.1. The summed E-state index contributed by atoms with van der Waals surface area (Å²) in [6.45, 7) is 1.91. The largest absolute Gasteiger partial charge is 0.356 e. The zero-order chi connectivity index (χ0) is 13.8. The van der Waals surface area contributed by atoms with Gasteiger partial charge in [0.1, 0.15) is 5.82 Å². The first-order chi connectivity index (χ1) is 9.17. The van der Waals surface area contributed by atoms with Crippen LogP contribution in [-0.4, -0.2) is 21.6 Å². The quantitative estimate of drug-likeness (QED) is 0.828. The van der Waals surface area contributed by atoms with Crippen LogP contribution < -0.4 is 16.5 Å². The zero-order valence-corrected chi connectivity index (χ0v) is 11.4. The number of rotatable bonds is 4. The average molecular weight is 280 g/mol. The fourth-order valence-corrected chi connectivity index (χ4v) is 1.95. The molecule has 0 unspecified atom stereocenters. The van der Waals surface area contributed by atoms with Gasteiger partial charge in [0.25, 0.3) is 0 Å². The number of hydrazine groups is 1. The van der Waals surface area contributed by atoms with Gasteiger partial charge in [-0.15, -0.1) is 0 Å². The Labute approximate surface area is 115 Å². The first-order valence-corrected chi connectivity index (χ1v) is 6.22. The molecule has 0 radical (unpaired) electrons. The Balaban J connectivity index is 2.64. The van der Waals surface area contributed by atoms with Crippen LogP contribution in [0.1, 0.15) is 12.7 Å². The predicted octanol–water partition coefficient (Wildman–Crippen LogP) is 1.39. The molecule has 0 saturated heterocycles. The molecular weight excluding hydrogens is 266 g/mol. The monoisotopic (exact) mass is 279 g/mol. The Morgan fingerprint density at radius 3 is 2.68 bits per heavy atom. The highest BCUT2D eigenvalue weighted by molar-refractivity contribution is 6.32. The second-order valence-corrected chi connectivity index (χ2v) is 4.17. The first-order valence-electron chi connectivity index (χ1n) is 5.85. The standard InChI is InChI=1S/C12H14ClN5O/c1-3-10-15-11(17-14-2)16-12(19)18(10)9-7-5-4-6-8(9)13/h4-7,14H,3H2,1-2H3,(H,16,17,19). The fraction of sp³-hybridized carbons (Fsp3) is 0.250. The average Bonchev–Trinajstić information content (AvgIpc) is 2.40. The lowest BCUT2D eigenvalue weighted by Gasteiger charge is -2.12. The Hall–Kier alpha value is -1.92. The molecule has 0 amide bonds. The molecule has 2 aromatic rings. The Morgan fingerprint density at radius 1 is 1.32 bits per heavy atom. The van der Waals surface area contributed by atoms with Gasteiger partial charge in [0.2, 0.25) is 5.95 Å². The summed E-state index contributed by atoms with van der Waals surface area (Å²) >= 11 is 6.12. The molecule has 0 atom stereocenters. The van der Waals surface area contributed by atoms with Gasteiger partial charge in [0.15, 0.2) is 0 Å². The molecule has 19 heavy (non-hydrogen) atoms. The van der Waals surface area contributed by atoms with Gasteiger partial charge in [0, 0.05) is 13.5 Å². The summed E-state index contributed by atoms with van der Waals surface area (Å²) in [4.78, 5) is 20.3. The van der Waals surface area contributed by atoms with Crippen molar-refractivity contribution in [3.63, 3.8) is 0 Å². The first kappa shape index (κ1) is 13.5. The number of para-hydroxylation sites is 1. The number of hydrogen-bond donors (Lipinski definition) is 2. The molecule has 1 aromatic heterocycles. The summed E-state index contributed by atoms with van der Waals surface area (Å²) in [7, 11) is 1.68. The smallest absolute Gasteiger partial charge is 0.290 e. The van der Waals surface area contributed by atoms with Crippen molar-refractivity contribution in [3.05, 3.63) is 45.6 Å². The van der Waals surface area contributed by atoms with Gasteiger partial charge < -0.3 is 0 Å². The summed E-state index contributed by atoms with van der Waals surface area (Å²) in [5.41, 5.74) is 5.55. The van der Waals surface area contributed by atoms with Crippen molar-refractivity contribution >= 4 is 17.5 Å². The van der Waals surface area contributed by atoms with E-state index in [9.17, 15) is 4.79 Å². The van der Waals surface area contributed by atoms with E-state index in [-0.39, 0.29) is 5.95 Å². The third-order valence-electron chi connectivity index (χ3n) is 2.53. The normalized spacial score (nSPS) is 10.5. The van der Waals surface area contributed by atoms with Gasteiger partial charge in [-0.3, -0.25) is 5.43 Å². The van der Waals surface area contributed by atoms with Crippen LogP contribution in [0, 0.1) is 0 Å². The van der Waals surface area contributed by atoms with Crippen molar-refractivity contribution in [2.75, 3.05) is 12.5 Å². The third-order valence-corrected chi connectivity index (χ3v) is 2.85.